The van der Waals surface area contributed by atoms with Gasteiger partial charge in [0, 0.05) is 43.4 Å². The molecule has 2 heterocycles. The standard InChI is InChI=1S/C16H24N2.C15H25NO/c1-4-5-7-12-16-17-15-11-9-6-8-10-14(15)13(2)18(16)3;1-5-12(4)10-14(7-3)15(17)16-9-8-13(6-2)11-16/h5,7,12H,4,6,8-11H2,1-3H3;2,12-14H,5,7-11H2,1,3-4H3/b7-5-,16-12-;. The Kier molecular flexibility index (Phi) is 12.4. The predicted octanol–water partition coefficient (Wildman–Crippen LogP) is 7.35. The largest absolute Gasteiger partial charge is 0.341 e. The van der Waals surface area contributed by atoms with Crippen molar-refractivity contribution >= 4 is 11.6 Å². The lowest BCUT2D eigenvalue weighted by atomic mass is 9.91. The number of aliphatic imine (C=N–C) groups is 1. The second kappa shape index (κ2) is 15.0. The molecule has 4 heteroatoms. The lowest BCUT2D eigenvalue weighted by Crippen LogP contribution is -2.34. The van der Waals surface area contributed by atoms with E-state index in [4.69, 9.17) is 11.4 Å². The average Bonchev–Trinajstić information content (AvgIpc) is 3.23. The Bertz CT molecular complexity index is 857. The number of allylic oxidation sites excluding steroid dienone is 5. The van der Waals surface area contributed by atoms with Crippen LogP contribution in [0.25, 0.3) is 0 Å². The van der Waals surface area contributed by atoms with Crippen molar-refractivity contribution in [2.45, 2.75) is 98.8 Å². The predicted molar refractivity (Wildman–Crippen MR) is 150 cm³/mol. The molecule has 0 aromatic carbocycles. The molecule has 1 aliphatic carbocycles. The lowest BCUT2D eigenvalue weighted by molar-refractivity contribution is -0.135. The van der Waals surface area contributed by atoms with E-state index >= 15 is 0 Å². The van der Waals surface area contributed by atoms with Crippen LogP contribution in [0.1, 0.15) is 98.8 Å². The van der Waals surface area contributed by atoms with Gasteiger partial charge < -0.3 is 9.80 Å². The Morgan fingerprint density at radius 1 is 1.20 bits per heavy atom. The summed E-state index contributed by atoms with van der Waals surface area (Å²) < 4.78 is 0. The maximum atomic E-state index is 12.3. The highest BCUT2D eigenvalue weighted by Crippen LogP contribution is 2.31. The molecule has 0 radical (unpaired) electrons. The first-order valence-corrected chi connectivity index (χ1v) is 14.0. The van der Waals surface area contributed by atoms with E-state index in [1.54, 1.807) is 0 Å². The van der Waals surface area contributed by atoms with Crippen LogP contribution < -0.4 is 0 Å². The molecule has 2 aliphatic heterocycles. The Hall–Kier alpha value is -2.28. The van der Waals surface area contributed by atoms with Crippen LogP contribution >= 0.6 is 0 Å². The summed E-state index contributed by atoms with van der Waals surface area (Å²) >= 11 is 0. The minimum Gasteiger partial charge on any atom is -0.341 e. The average molecular weight is 480 g/mol. The third-order valence-corrected chi connectivity index (χ3v) is 7.80. The van der Waals surface area contributed by atoms with Gasteiger partial charge in [0.15, 0.2) is 0 Å². The molecule has 0 aromatic heterocycles. The zero-order chi connectivity index (χ0) is 25.8. The van der Waals surface area contributed by atoms with Crippen LogP contribution in [0.3, 0.4) is 0 Å². The molecule has 4 nitrogen and oxygen atoms in total. The minimum atomic E-state index is 0.196. The van der Waals surface area contributed by atoms with Crippen LogP contribution in [0.4, 0.5) is 0 Å². The summed E-state index contributed by atoms with van der Waals surface area (Å²) in [6, 6.07) is 0. The molecule has 2 fully saturated rings. The van der Waals surface area contributed by atoms with E-state index < -0.39 is 0 Å². The summed E-state index contributed by atoms with van der Waals surface area (Å²) in [6.07, 6.45) is 23.3. The maximum Gasteiger partial charge on any atom is 0.225 e. The maximum absolute atomic E-state index is 12.3. The van der Waals surface area contributed by atoms with Gasteiger partial charge in [-0.3, -0.25) is 4.79 Å². The molecule has 0 spiro atoms. The molecule has 3 unspecified atom stereocenters. The number of likely N-dealkylation sites (tertiary alicyclic amines) is 1. The zero-order valence-corrected chi connectivity index (χ0v) is 23.3. The summed E-state index contributed by atoms with van der Waals surface area (Å²) in [6.45, 7) is 12.5. The molecule has 1 amide bonds. The van der Waals surface area contributed by atoms with Gasteiger partial charge in [-0.25, -0.2) is 4.99 Å². The molecule has 0 N–H and O–H groups in total. The Morgan fingerprint density at radius 3 is 2.57 bits per heavy atom. The second-order valence-corrected chi connectivity index (χ2v) is 10.4. The van der Waals surface area contributed by atoms with Gasteiger partial charge in [0.2, 0.25) is 5.91 Å². The first kappa shape index (κ1) is 29.0. The van der Waals surface area contributed by atoms with Crippen molar-refractivity contribution in [2.24, 2.45) is 22.7 Å². The van der Waals surface area contributed by atoms with E-state index in [0.717, 1.165) is 57.4 Å². The minimum absolute atomic E-state index is 0.196. The van der Waals surface area contributed by atoms with Crippen LogP contribution in [0, 0.1) is 30.1 Å². The molecular weight excluding hydrogens is 430 g/mol. The first-order chi connectivity index (χ1) is 16.9. The summed E-state index contributed by atoms with van der Waals surface area (Å²) in [5, 5.41) is 0. The third kappa shape index (κ3) is 8.41. The normalized spacial score (nSPS) is 23.3. The van der Waals surface area contributed by atoms with Gasteiger partial charge in [-0.2, -0.15) is 0 Å². The summed E-state index contributed by atoms with van der Waals surface area (Å²) in [4.78, 5) is 21.4. The molecule has 0 aromatic rings. The van der Waals surface area contributed by atoms with Crippen molar-refractivity contribution in [1.82, 2.24) is 9.80 Å². The number of terminal acetylenes is 1. The number of carbonyl (C=O) groups is 1. The van der Waals surface area contributed by atoms with Gasteiger partial charge in [-0.15, -0.1) is 12.3 Å². The molecule has 3 rings (SSSR count). The molecular formula is C31H49N3O. The summed E-state index contributed by atoms with van der Waals surface area (Å²) in [7, 11) is 2.12. The second-order valence-electron chi connectivity index (χ2n) is 10.4. The molecule has 3 aliphatic rings. The molecule has 0 bridgehead atoms. The molecule has 3 atom stereocenters. The molecule has 1 saturated carbocycles. The van der Waals surface area contributed by atoms with Crippen LogP contribution in [-0.4, -0.2) is 41.6 Å². The Balaban J connectivity index is 0.000000247. The van der Waals surface area contributed by atoms with E-state index in [0.29, 0.717) is 11.8 Å². The number of nitrogens with zero attached hydrogens (tertiary/aromatic N) is 3. The van der Waals surface area contributed by atoms with Gasteiger partial charge in [-0.1, -0.05) is 52.7 Å². The highest BCUT2D eigenvalue weighted by Gasteiger charge is 2.29. The van der Waals surface area contributed by atoms with E-state index in [1.165, 1.54) is 42.7 Å². The zero-order valence-electron chi connectivity index (χ0n) is 23.3. The van der Waals surface area contributed by atoms with Crippen LogP contribution in [0.2, 0.25) is 0 Å². The number of amides is 1. The van der Waals surface area contributed by atoms with Gasteiger partial charge in [-0.05, 0) is 75.9 Å². The molecule has 1 saturated heterocycles. The first-order valence-electron chi connectivity index (χ1n) is 14.0. The van der Waals surface area contributed by atoms with Crippen molar-refractivity contribution < 1.29 is 4.79 Å². The van der Waals surface area contributed by atoms with Gasteiger partial charge >= 0.3 is 0 Å². The SMILES string of the molecule is C#CC1CCN(C(=O)C(CC)CC(C)CC)C1.CC/C=C\C=C1\N=C2CCCCCC2=C(C)N1C. The Morgan fingerprint density at radius 2 is 1.94 bits per heavy atom. The highest BCUT2D eigenvalue weighted by molar-refractivity contribution is 6.02. The van der Waals surface area contributed by atoms with Gasteiger partial charge in [0.05, 0.1) is 0 Å². The quantitative estimate of drug-likeness (QED) is 0.358. The van der Waals surface area contributed by atoms with Crippen molar-refractivity contribution in [3.05, 3.63) is 35.3 Å². The fourth-order valence-electron chi connectivity index (χ4n) is 5.06. The number of rotatable bonds is 7. The topological polar surface area (TPSA) is 35.9 Å². The number of carbonyl (C=O) groups excluding carboxylic acids is 1. The number of hydrogen-bond donors (Lipinski definition) is 0. The highest BCUT2D eigenvalue weighted by atomic mass is 16.2. The van der Waals surface area contributed by atoms with E-state index in [9.17, 15) is 4.79 Å². The van der Waals surface area contributed by atoms with Crippen molar-refractivity contribution in [2.75, 3.05) is 20.1 Å². The fraction of sp³-hybridized carbons (Fsp3) is 0.677. The number of fused-ring (bicyclic) bond motifs is 1. The number of hydrogen-bond acceptors (Lipinski definition) is 3. The van der Waals surface area contributed by atoms with Crippen molar-refractivity contribution in [3.8, 4) is 12.3 Å². The third-order valence-electron chi connectivity index (χ3n) is 7.80. The van der Waals surface area contributed by atoms with E-state index in [-0.39, 0.29) is 11.8 Å². The van der Waals surface area contributed by atoms with Gasteiger partial charge in [0.1, 0.15) is 5.82 Å². The monoisotopic (exact) mass is 479 g/mol. The van der Waals surface area contributed by atoms with E-state index in [2.05, 4.69) is 70.7 Å². The van der Waals surface area contributed by atoms with Crippen molar-refractivity contribution in [3.63, 3.8) is 0 Å². The van der Waals surface area contributed by atoms with Crippen molar-refractivity contribution in [1.29, 1.82) is 0 Å². The molecule has 35 heavy (non-hydrogen) atoms. The summed E-state index contributed by atoms with van der Waals surface area (Å²) in [5.41, 5.74) is 4.21. The van der Waals surface area contributed by atoms with Crippen LogP contribution in [0.5, 0.6) is 0 Å². The lowest BCUT2D eigenvalue weighted by Gasteiger charge is -2.29. The fourth-order valence-corrected chi connectivity index (χ4v) is 5.06. The Labute approximate surface area is 215 Å². The molecule has 194 valence electrons. The summed E-state index contributed by atoms with van der Waals surface area (Å²) in [5.74, 6) is 5.28. The van der Waals surface area contributed by atoms with E-state index in [1.807, 2.05) is 4.90 Å². The smallest absolute Gasteiger partial charge is 0.225 e. The van der Waals surface area contributed by atoms with Crippen LogP contribution in [-0.2, 0) is 4.79 Å². The van der Waals surface area contributed by atoms with Crippen LogP contribution in [0.15, 0.2) is 40.3 Å². The van der Waals surface area contributed by atoms with Gasteiger partial charge in [0.25, 0.3) is 0 Å².